The summed E-state index contributed by atoms with van der Waals surface area (Å²) in [5, 5.41) is 0. The Kier molecular flexibility index (Phi) is 4.67. The van der Waals surface area contributed by atoms with Gasteiger partial charge >= 0.3 is 6.01 Å². The van der Waals surface area contributed by atoms with E-state index in [1.54, 1.807) is 44.2 Å². The van der Waals surface area contributed by atoms with Crippen molar-refractivity contribution in [3.63, 3.8) is 0 Å². The van der Waals surface area contributed by atoms with Crippen LogP contribution in [0.5, 0.6) is 11.8 Å². The summed E-state index contributed by atoms with van der Waals surface area (Å²) in [4.78, 5) is 8.67. The number of benzene rings is 2. The van der Waals surface area contributed by atoms with Gasteiger partial charge in [0.05, 0.1) is 22.0 Å². The fourth-order valence-electron chi connectivity index (χ4n) is 2.27. The number of nitrogens with zero attached hydrogens (tertiary/aromatic N) is 2. The second-order valence-corrected chi connectivity index (χ2v) is 7.07. The van der Waals surface area contributed by atoms with Crippen molar-refractivity contribution in [1.29, 1.82) is 0 Å². The van der Waals surface area contributed by atoms with Gasteiger partial charge in [0, 0.05) is 0 Å². The van der Waals surface area contributed by atoms with Crippen LogP contribution in [0.3, 0.4) is 0 Å². The fraction of sp³-hybridized carbons (Fsp3) is 0.111. The van der Waals surface area contributed by atoms with Gasteiger partial charge in [0.15, 0.2) is 0 Å². The minimum atomic E-state index is -3.70. The smallest absolute Gasteiger partial charge is 0.322 e. The number of hydrogen-bond donors (Lipinski definition) is 1. The van der Waals surface area contributed by atoms with Crippen LogP contribution in [-0.4, -0.2) is 18.4 Å². The van der Waals surface area contributed by atoms with Gasteiger partial charge in [0.1, 0.15) is 5.75 Å². The number of sulfonamides is 1. The van der Waals surface area contributed by atoms with Crippen molar-refractivity contribution in [3.8, 4) is 11.8 Å². The molecule has 0 saturated carbocycles. The van der Waals surface area contributed by atoms with Gasteiger partial charge < -0.3 is 4.74 Å². The third-order valence-electron chi connectivity index (χ3n) is 3.49. The Morgan fingerprint density at radius 2 is 1.36 bits per heavy atom. The first-order chi connectivity index (χ1) is 12.0. The number of ether oxygens (including phenoxy) is 1. The summed E-state index contributed by atoms with van der Waals surface area (Å²) in [5.74, 6) is 0.610. The van der Waals surface area contributed by atoms with Gasteiger partial charge in [-0.25, -0.2) is 8.42 Å². The number of aryl methyl sites for hydroxylation is 2. The molecule has 128 valence electrons. The minimum absolute atomic E-state index is 0.170. The lowest BCUT2D eigenvalue weighted by Gasteiger charge is -2.13. The van der Waals surface area contributed by atoms with Crippen LogP contribution in [0.15, 0.2) is 65.6 Å². The van der Waals surface area contributed by atoms with Crippen LogP contribution in [-0.2, 0) is 10.0 Å². The highest BCUT2D eigenvalue weighted by molar-refractivity contribution is 7.92. The molecule has 0 radical (unpaired) electrons. The zero-order valence-electron chi connectivity index (χ0n) is 13.8. The van der Waals surface area contributed by atoms with E-state index >= 15 is 0 Å². The average Bonchev–Trinajstić information content (AvgIpc) is 2.60. The van der Waals surface area contributed by atoms with Crippen molar-refractivity contribution in [1.82, 2.24) is 9.97 Å². The molecule has 0 saturated heterocycles. The summed E-state index contributed by atoms with van der Waals surface area (Å²) in [6, 6.07) is 17.5. The Morgan fingerprint density at radius 3 is 1.92 bits per heavy atom. The summed E-state index contributed by atoms with van der Waals surface area (Å²) >= 11 is 0. The highest BCUT2D eigenvalue weighted by Gasteiger charge is 2.18. The predicted octanol–water partition coefficient (Wildman–Crippen LogP) is 3.69. The first-order valence-corrected chi connectivity index (χ1v) is 9.10. The van der Waals surface area contributed by atoms with Gasteiger partial charge in [0.25, 0.3) is 10.0 Å². The number of aromatic nitrogens is 2. The molecule has 2 aromatic carbocycles. The highest BCUT2D eigenvalue weighted by Crippen LogP contribution is 2.25. The highest BCUT2D eigenvalue weighted by atomic mass is 32.2. The summed E-state index contributed by atoms with van der Waals surface area (Å²) < 4.78 is 33.1. The van der Waals surface area contributed by atoms with E-state index in [0.29, 0.717) is 22.8 Å². The maximum absolute atomic E-state index is 12.5. The molecule has 7 heteroatoms. The quantitative estimate of drug-likeness (QED) is 0.755. The van der Waals surface area contributed by atoms with Crippen LogP contribution in [0.25, 0.3) is 0 Å². The molecule has 0 unspecified atom stereocenters. The molecule has 0 aliphatic heterocycles. The van der Waals surface area contributed by atoms with E-state index < -0.39 is 10.0 Å². The van der Waals surface area contributed by atoms with E-state index in [4.69, 9.17) is 4.74 Å². The van der Waals surface area contributed by atoms with Crippen LogP contribution >= 0.6 is 0 Å². The average molecular weight is 355 g/mol. The minimum Gasteiger partial charge on any atom is -0.424 e. The van der Waals surface area contributed by atoms with Crippen LogP contribution < -0.4 is 9.46 Å². The Hall–Kier alpha value is -2.93. The third kappa shape index (κ3) is 3.95. The van der Waals surface area contributed by atoms with Crippen molar-refractivity contribution in [2.75, 3.05) is 4.72 Å². The third-order valence-corrected chi connectivity index (χ3v) is 4.86. The lowest BCUT2D eigenvalue weighted by Crippen LogP contribution is -2.16. The summed E-state index contributed by atoms with van der Waals surface area (Å²) in [6.07, 6.45) is 0. The number of rotatable bonds is 5. The largest absolute Gasteiger partial charge is 0.424 e. The number of anilines is 1. The molecule has 0 aliphatic carbocycles. The zero-order valence-corrected chi connectivity index (χ0v) is 14.6. The normalized spacial score (nSPS) is 11.1. The van der Waals surface area contributed by atoms with E-state index in [2.05, 4.69) is 14.7 Å². The molecule has 0 bridgehead atoms. The lowest BCUT2D eigenvalue weighted by atomic mass is 10.3. The number of hydrogen-bond acceptors (Lipinski definition) is 5. The molecule has 0 fully saturated rings. The molecule has 1 N–H and O–H groups in total. The van der Waals surface area contributed by atoms with E-state index in [1.165, 1.54) is 12.1 Å². The van der Waals surface area contributed by atoms with Gasteiger partial charge in [0.2, 0.25) is 0 Å². The van der Waals surface area contributed by atoms with Gasteiger partial charge in [-0.3, -0.25) is 4.72 Å². The van der Waals surface area contributed by atoms with Gasteiger partial charge in [-0.1, -0.05) is 36.4 Å². The monoisotopic (exact) mass is 355 g/mol. The lowest BCUT2D eigenvalue weighted by molar-refractivity contribution is 0.439. The standard InChI is InChI=1S/C18H17N3O3S/c1-13-17(21-25(22,23)16-11-7-4-8-12-16)14(2)20-18(19-13)24-15-9-5-3-6-10-15/h3-12,21H,1-2H3. The van der Waals surface area contributed by atoms with Gasteiger partial charge in [-0.15, -0.1) is 0 Å². The van der Waals surface area contributed by atoms with Crippen molar-refractivity contribution in [2.45, 2.75) is 18.7 Å². The van der Waals surface area contributed by atoms with Gasteiger partial charge in [-0.2, -0.15) is 9.97 Å². The first kappa shape index (κ1) is 16.9. The topological polar surface area (TPSA) is 81.2 Å². The SMILES string of the molecule is Cc1nc(Oc2ccccc2)nc(C)c1NS(=O)(=O)c1ccccc1. The Bertz CT molecular complexity index is 952. The molecule has 0 atom stereocenters. The second-order valence-electron chi connectivity index (χ2n) is 5.39. The van der Waals surface area contributed by atoms with Crippen LogP contribution in [0.4, 0.5) is 5.69 Å². The maximum Gasteiger partial charge on any atom is 0.322 e. The summed E-state index contributed by atoms with van der Waals surface area (Å²) in [5.41, 5.74) is 1.32. The van der Waals surface area contributed by atoms with E-state index in [1.807, 2.05) is 18.2 Å². The van der Waals surface area contributed by atoms with E-state index in [-0.39, 0.29) is 10.9 Å². The second kappa shape index (κ2) is 6.90. The Balaban J connectivity index is 1.88. The maximum atomic E-state index is 12.5. The Morgan fingerprint density at radius 1 is 0.840 bits per heavy atom. The van der Waals surface area contributed by atoms with Crippen molar-refractivity contribution >= 4 is 15.7 Å². The molecule has 0 amide bonds. The van der Waals surface area contributed by atoms with Crippen LogP contribution in [0, 0.1) is 13.8 Å². The number of para-hydroxylation sites is 1. The van der Waals surface area contributed by atoms with Crippen molar-refractivity contribution in [2.24, 2.45) is 0 Å². The van der Waals surface area contributed by atoms with Gasteiger partial charge in [-0.05, 0) is 38.1 Å². The molecular formula is C18H17N3O3S. The molecule has 3 aromatic rings. The van der Waals surface area contributed by atoms with Crippen molar-refractivity contribution < 1.29 is 13.2 Å². The Labute approximate surface area is 146 Å². The molecular weight excluding hydrogens is 338 g/mol. The summed E-state index contributed by atoms with van der Waals surface area (Å²) in [7, 11) is -3.70. The molecule has 0 aliphatic rings. The molecule has 1 aromatic heterocycles. The zero-order chi connectivity index (χ0) is 17.9. The van der Waals surface area contributed by atoms with E-state index in [0.717, 1.165) is 0 Å². The van der Waals surface area contributed by atoms with E-state index in [9.17, 15) is 8.42 Å². The molecule has 3 rings (SSSR count). The molecule has 1 heterocycles. The fourth-order valence-corrected chi connectivity index (χ4v) is 3.46. The summed E-state index contributed by atoms with van der Waals surface area (Å²) in [6.45, 7) is 3.41. The first-order valence-electron chi connectivity index (χ1n) is 7.62. The van der Waals surface area contributed by atoms with Crippen molar-refractivity contribution in [3.05, 3.63) is 72.1 Å². The molecule has 0 spiro atoms. The van der Waals surface area contributed by atoms with Crippen LogP contribution in [0.1, 0.15) is 11.4 Å². The molecule has 6 nitrogen and oxygen atoms in total. The molecule has 25 heavy (non-hydrogen) atoms. The number of nitrogens with one attached hydrogen (secondary N) is 1. The van der Waals surface area contributed by atoms with Crippen LogP contribution in [0.2, 0.25) is 0 Å². The predicted molar refractivity (Wildman–Crippen MR) is 95.3 cm³/mol.